The highest BCUT2D eigenvalue weighted by molar-refractivity contribution is 9.09. The Hall–Kier alpha value is -1.81. The molecule has 0 aliphatic carbocycles. The summed E-state index contributed by atoms with van der Waals surface area (Å²) < 4.78 is 4.79. The van der Waals surface area contributed by atoms with Crippen LogP contribution in [-0.2, 0) is 19.1 Å². The van der Waals surface area contributed by atoms with Crippen LogP contribution in [0.1, 0.15) is 38.2 Å². The van der Waals surface area contributed by atoms with Gasteiger partial charge in [0.25, 0.3) is 5.91 Å². The van der Waals surface area contributed by atoms with E-state index in [2.05, 4.69) is 29.1 Å². The number of benzene rings is 1. The number of anilines is 1. The second kappa shape index (κ2) is 12.4. The number of thioether (sulfide) groups is 1. The number of likely N-dealkylation sites (tertiary alicyclic amines) is 1. The highest BCUT2D eigenvalue weighted by Crippen LogP contribution is 2.68. The van der Waals surface area contributed by atoms with Crippen LogP contribution in [0.4, 0.5) is 5.69 Å². The summed E-state index contributed by atoms with van der Waals surface area (Å²) in [5.41, 5.74) is 1.39. The quantitative estimate of drug-likeness (QED) is 0.151. The number of fused-ring (bicyclic) bond motifs is 1. The summed E-state index contributed by atoms with van der Waals surface area (Å²) >= 11 is 11.9. The third kappa shape index (κ3) is 5.09. The summed E-state index contributed by atoms with van der Waals surface area (Å²) in [6.07, 6.45) is 5.79. The van der Waals surface area contributed by atoms with Crippen molar-refractivity contribution >= 4 is 62.8 Å². The third-order valence-corrected chi connectivity index (χ3v) is 11.7. The maximum atomic E-state index is 14.7. The van der Waals surface area contributed by atoms with Crippen molar-refractivity contribution in [2.24, 2.45) is 11.8 Å². The van der Waals surface area contributed by atoms with Gasteiger partial charge in [-0.25, -0.2) is 0 Å². The molecule has 3 unspecified atom stereocenters. The molecule has 1 aromatic rings. The number of aryl methyl sites for hydroxylation is 1. The lowest BCUT2D eigenvalue weighted by atomic mass is 9.71. The van der Waals surface area contributed by atoms with E-state index in [1.165, 1.54) is 0 Å². The number of carbonyl (C=O) groups excluding carboxylic acids is 3. The molecule has 2 bridgehead atoms. The lowest BCUT2D eigenvalue weighted by molar-refractivity contribution is -0.154. The molecule has 0 radical (unpaired) electrons. The zero-order valence-electron chi connectivity index (χ0n) is 22.4. The van der Waals surface area contributed by atoms with E-state index < -0.39 is 34.6 Å². The van der Waals surface area contributed by atoms with Crippen LogP contribution in [0.3, 0.4) is 0 Å². The summed E-state index contributed by atoms with van der Waals surface area (Å²) in [5, 5.41) is 10.5. The fourth-order valence-corrected chi connectivity index (χ4v) is 10.4. The molecule has 3 aliphatic heterocycles. The number of allylic oxidation sites excluding steroid dienone is 1. The number of ether oxygens (including phenoxy) is 1. The number of para-hydroxylation sites is 1. The molecule has 3 fully saturated rings. The SMILES string of the molecule is C=CCCCOC(=O)[C@H]1[C@@H]2SC3(CC2Br)C(C(=O)N(CC=C)c2c(C)cccc2Cl)N([C@@H](CC)CO)C(=O)[C@H]13. The van der Waals surface area contributed by atoms with Crippen molar-refractivity contribution in [3.63, 3.8) is 0 Å². The molecule has 0 saturated carbocycles. The third-order valence-electron chi connectivity index (χ3n) is 8.14. The van der Waals surface area contributed by atoms with Crippen molar-refractivity contribution in [2.75, 3.05) is 24.7 Å². The minimum absolute atomic E-state index is 0.0726. The largest absolute Gasteiger partial charge is 0.465 e. The first-order valence-corrected chi connectivity index (χ1v) is 15.6. The summed E-state index contributed by atoms with van der Waals surface area (Å²) in [6, 6.07) is 3.98. The summed E-state index contributed by atoms with van der Waals surface area (Å²) in [5.74, 6) is -2.37. The molecule has 3 heterocycles. The number of esters is 1. The van der Waals surface area contributed by atoms with Crippen molar-refractivity contribution in [2.45, 2.75) is 66.4 Å². The number of nitrogens with zero attached hydrogens (tertiary/aromatic N) is 2. The lowest BCUT2D eigenvalue weighted by Gasteiger charge is -2.40. The first-order chi connectivity index (χ1) is 18.7. The molecule has 3 saturated heterocycles. The number of hydrogen-bond donors (Lipinski definition) is 1. The van der Waals surface area contributed by atoms with Gasteiger partial charge in [0.1, 0.15) is 6.04 Å². The van der Waals surface area contributed by atoms with Crippen LogP contribution >= 0.6 is 39.3 Å². The lowest BCUT2D eigenvalue weighted by Crippen LogP contribution is -2.58. The van der Waals surface area contributed by atoms with Gasteiger partial charge in [-0.05, 0) is 44.2 Å². The number of alkyl halides is 1. The van der Waals surface area contributed by atoms with E-state index in [-0.39, 0.29) is 41.6 Å². The Morgan fingerprint density at radius 3 is 2.74 bits per heavy atom. The molecule has 39 heavy (non-hydrogen) atoms. The van der Waals surface area contributed by atoms with E-state index in [9.17, 15) is 19.5 Å². The molecule has 7 nitrogen and oxygen atoms in total. The summed E-state index contributed by atoms with van der Waals surface area (Å²) in [6.45, 7) is 11.5. The smallest absolute Gasteiger partial charge is 0.310 e. The Balaban J connectivity index is 1.80. The van der Waals surface area contributed by atoms with E-state index in [1.807, 2.05) is 26.0 Å². The Bertz CT molecular complexity index is 1130. The first-order valence-electron chi connectivity index (χ1n) is 13.4. The van der Waals surface area contributed by atoms with Crippen LogP contribution in [0.5, 0.6) is 0 Å². The van der Waals surface area contributed by atoms with Gasteiger partial charge in [-0.2, -0.15) is 0 Å². The number of aliphatic hydroxyl groups is 1. The van der Waals surface area contributed by atoms with Gasteiger partial charge in [-0.1, -0.05) is 58.7 Å². The molecule has 4 rings (SSSR count). The van der Waals surface area contributed by atoms with Crippen LogP contribution in [0.15, 0.2) is 43.5 Å². The van der Waals surface area contributed by atoms with E-state index in [0.717, 1.165) is 12.0 Å². The predicted octanol–water partition coefficient (Wildman–Crippen LogP) is 4.91. The summed E-state index contributed by atoms with van der Waals surface area (Å²) in [4.78, 5) is 45.4. The maximum Gasteiger partial charge on any atom is 0.310 e. The van der Waals surface area contributed by atoms with E-state index in [4.69, 9.17) is 16.3 Å². The van der Waals surface area contributed by atoms with Crippen LogP contribution < -0.4 is 4.90 Å². The molecular weight excluding hydrogens is 604 g/mol. The van der Waals surface area contributed by atoms with Crippen LogP contribution in [0, 0.1) is 18.8 Å². The normalized spacial score (nSPS) is 29.7. The molecule has 3 aliphatic rings. The minimum atomic E-state index is -0.892. The average molecular weight is 640 g/mol. The Morgan fingerprint density at radius 2 is 2.13 bits per heavy atom. The Morgan fingerprint density at radius 1 is 1.38 bits per heavy atom. The Kier molecular flexibility index (Phi) is 9.56. The Labute approximate surface area is 248 Å². The van der Waals surface area contributed by atoms with Gasteiger partial charge >= 0.3 is 5.97 Å². The summed E-state index contributed by atoms with van der Waals surface area (Å²) in [7, 11) is 0. The number of rotatable bonds is 12. The van der Waals surface area contributed by atoms with E-state index >= 15 is 0 Å². The number of amides is 2. The van der Waals surface area contributed by atoms with Gasteiger partial charge in [0.2, 0.25) is 5.91 Å². The molecule has 10 heteroatoms. The minimum Gasteiger partial charge on any atom is -0.465 e. The molecule has 0 aromatic heterocycles. The van der Waals surface area contributed by atoms with Crippen molar-refractivity contribution in [3.05, 3.63) is 54.1 Å². The van der Waals surface area contributed by atoms with Gasteiger partial charge in [0, 0.05) is 16.6 Å². The van der Waals surface area contributed by atoms with Crippen LogP contribution in [0.25, 0.3) is 0 Å². The van der Waals surface area contributed by atoms with Crippen molar-refractivity contribution in [3.8, 4) is 0 Å². The average Bonchev–Trinajstić information content (AvgIpc) is 3.50. The zero-order chi connectivity index (χ0) is 28.5. The fraction of sp³-hybridized carbons (Fsp3) is 0.552. The van der Waals surface area contributed by atoms with Gasteiger partial charge < -0.3 is 19.6 Å². The van der Waals surface area contributed by atoms with Crippen LogP contribution in [0.2, 0.25) is 5.02 Å². The number of unbranched alkanes of at least 4 members (excludes halogenated alkanes) is 1. The van der Waals surface area contributed by atoms with E-state index in [1.54, 1.807) is 39.8 Å². The number of hydrogen-bond acceptors (Lipinski definition) is 6. The van der Waals surface area contributed by atoms with Gasteiger partial charge in [0.15, 0.2) is 0 Å². The number of carbonyl (C=O) groups is 3. The molecule has 7 atom stereocenters. The second-order valence-corrected chi connectivity index (χ2v) is 13.5. The monoisotopic (exact) mass is 638 g/mol. The standard InChI is InChI=1S/C29H36BrClN2O5S/c1-5-8-9-14-38-28(37)21-22-26(35)33(18(7-3)16-34)25(29(22)15-19(30)24(21)39-29)27(36)32(13-6-2)23-17(4)11-10-12-20(23)31/h5-6,10-12,18-19,21-22,24-25,34H,1-2,7-9,13-16H2,3-4H3/t18-,19?,21+,22-,24+,25?,29?/m0/s1. The molecule has 1 aromatic carbocycles. The highest BCUT2D eigenvalue weighted by atomic mass is 79.9. The van der Waals surface area contributed by atoms with Crippen molar-refractivity contribution in [1.82, 2.24) is 4.90 Å². The zero-order valence-corrected chi connectivity index (χ0v) is 25.5. The second-order valence-electron chi connectivity index (χ2n) is 10.4. The van der Waals surface area contributed by atoms with Gasteiger partial charge in [0.05, 0.1) is 46.5 Å². The fourth-order valence-electron chi connectivity index (χ4n) is 6.45. The molecule has 1 N–H and O–H groups in total. The first kappa shape index (κ1) is 30.2. The van der Waals surface area contributed by atoms with Gasteiger partial charge in [-0.15, -0.1) is 24.9 Å². The molecule has 212 valence electrons. The topological polar surface area (TPSA) is 87.2 Å². The number of aliphatic hydroxyl groups excluding tert-OH is 1. The molecule has 1 spiro atoms. The number of halogens is 2. The van der Waals surface area contributed by atoms with Crippen LogP contribution in [-0.4, -0.2) is 74.5 Å². The molecule has 2 amide bonds. The predicted molar refractivity (Wildman–Crippen MR) is 159 cm³/mol. The highest BCUT2D eigenvalue weighted by Gasteiger charge is 2.76. The maximum absolute atomic E-state index is 14.7. The molecular formula is C29H36BrClN2O5S. The van der Waals surface area contributed by atoms with Gasteiger partial charge in [-0.3, -0.25) is 14.4 Å². The van der Waals surface area contributed by atoms with E-state index in [0.29, 0.717) is 30.0 Å². The van der Waals surface area contributed by atoms with Crippen molar-refractivity contribution in [1.29, 1.82) is 0 Å². The van der Waals surface area contributed by atoms with Crippen molar-refractivity contribution < 1.29 is 24.2 Å².